The summed E-state index contributed by atoms with van der Waals surface area (Å²) in [4.78, 5) is 2.32. The number of hydrogen-bond donors (Lipinski definition) is 2. The molecular formula is C14H24N2O. The molecule has 3 heteroatoms. The van der Waals surface area contributed by atoms with Gasteiger partial charge in [-0.25, -0.2) is 0 Å². The zero-order chi connectivity index (χ0) is 12.5. The van der Waals surface area contributed by atoms with Crippen LogP contribution in [0.1, 0.15) is 18.9 Å². The predicted molar refractivity (Wildman–Crippen MR) is 71.9 cm³/mol. The Labute approximate surface area is 104 Å². The Morgan fingerprint density at radius 2 is 2.00 bits per heavy atom. The van der Waals surface area contributed by atoms with Gasteiger partial charge in [0.25, 0.3) is 0 Å². The van der Waals surface area contributed by atoms with Gasteiger partial charge in [-0.3, -0.25) is 0 Å². The third-order valence-electron chi connectivity index (χ3n) is 2.63. The van der Waals surface area contributed by atoms with E-state index in [-0.39, 0.29) is 6.10 Å². The van der Waals surface area contributed by atoms with E-state index in [1.165, 1.54) is 5.56 Å². The molecule has 0 aliphatic heterocycles. The van der Waals surface area contributed by atoms with Gasteiger partial charge < -0.3 is 15.3 Å². The zero-order valence-corrected chi connectivity index (χ0v) is 10.9. The largest absolute Gasteiger partial charge is 0.392 e. The summed E-state index contributed by atoms with van der Waals surface area (Å²) in [5.41, 5.74) is 1.35. The minimum absolute atomic E-state index is 0.253. The van der Waals surface area contributed by atoms with Crippen molar-refractivity contribution in [2.24, 2.45) is 0 Å². The van der Waals surface area contributed by atoms with E-state index in [2.05, 4.69) is 41.5 Å². The second-order valence-corrected chi connectivity index (χ2v) is 4.63. The third kappa shape index (κ3) is 7.10. The van der Waals surface area contributed by atoms with Crippen molar-refractivity contribution in [3.05, 3.63) is 35.9 Å². The lowest BCUT2D eigenvalue weighted by Gasteiger charge is -2.16. The fourth-order valence-corrected chi connectivity index (χ4v) is 1.76. The highest BCUT2D eigenvalue weighted by atomic mass is 16.3. The lowest BCUT2D eigenvalue weighted by atomic mass is 10.2. The summed E-state index contributed by atoms with van der Waals surface area (Å²) in [6, 6.07) is 10.5. The molecule has 1 unspecified atom stereocenters. The molecule has 0 saturated carbocycles. The Kier molecular flexibility index (Phi) is 6.86. The van der Waals surface area contributed by atoms with Gasteiger partial charge in [-0.05, 0) is 39.0 Å². The molecule has 96 valence electrons. The maximum atomic E-state index is 9.08. The Morgan fingerprint density at radius 3 is 2.65 bits per heavy atom. The first kappa shape index (κ1) is 14.2. The minimum Gasteiger partial charge on any atom is -0.392 e. The van der Waals surface area contributed by atoms with Crippen LogP contribution in [0.3, 0.4) is 0 Å². The molecule has 0 aliphatic carbocycles. The molecule has 0 amide bonds. The van der Waals surface area contributed by atoms with Gasteiger partial charge in [0.1, 0.15) is 0 Å². The number of aliphatic hydroxyl groups excluding tert-OH is 1. The average molecular weight is 236 g/mol. The molecular weight excluding hydrogens is 212 g/mol. The molecule has 3 nitrogen and oxygen atoms in total. The van der Waals surface area contributed by atoms with Crippen LogP contribution in [0.15, 0.2) is 30.3 Å². The molecule has 0 fully saturated rings. The number of aliphatic hydroxyl groups is 1. The lowest BCUT2D eigenvalue weighted by Crippen LogP contribution is -2.28. The number of benzene rings is 1. The lowest BCUT2D eigenvalue weighted by molar-refractivity contribution is 0.190. The Balaban J connectivity index is 2.07. The van der Waals surface area contributed by atoms with E-state index in [0.717, 1.165) is 26.1 Å². The van der Waals surface area contributed by atoms with Crippen molar-refractivity contribution in [1.82, 2.24) is 10.2 Å². The van der Waals surface area contributed by atoms with E-state index in [9.17, 15) is 0 Å². The Morgan fingerprint density at radius 1 is 1.29 bits per heavy atom. The van der Waals surface area contributed by atoms with E-state index in [1.807, 2.05) is 6.07 Å². The quantitative estimate of drug-likeness (QED) is 0.671. The van der Waals surface area contributed by atoms with Crippen LogP contribution < -0.4 is 5.32 Å². The highest BCUT2D eigenvalue weighted by Gasteiger charge is 2.00. The van der Waals surface area contributed by atoms with E-state index in [1.54, 1.807) is 6.92 Å². The Bertz CT molecular complexity index is 288. The molecule has 0 bridgehead atoms. The first-order valence-electron chi connectivity index (χ1n) is 6.29. The Hall–Kier alpha value is -0.900. The first-order chi connectivity index (χ1) is 8.18. The van der Waals surface area contributed by atoms with Gasteiger partial charge in [-0.15, -0.1) is 0 Å². The average Bonchev–Trinajstić information content (AvgIpc) is 2.29. The van der Waals surface area contributed by atoms with E-state index < -0.39 is 0 Å². The van der Waals surface area contributed by atoms with Crippen molar-refractivity contribution in [3.63, 3.8) is 0 Å². The summed E-state index contributed by atoms with van der Waals surface area (Å²) >= 11 is 0. The van der Waals surface area contributed by atoms with Gasteiger partial charge in [-0.2, -0.15) is 0 Å². The second-order valence-electron chi connectivity index (χ2n) is 4.63. The van der Waals surface area contributed by atoms with Crippen molar-refractivity contribution in [1.29, 1.82) is 0 Å². The van der Waals surface area contributed by atoms with Crippen molar-refractivity contribution < 1.29 is 5.11 Å². The van der Waals surface area contributed by atoms with Gasteiger partial charge in [0.2, 0.25) is 0 Å². The summed E-state index contributed by atoms with van der Waals surface area (Å²) in [6.45, 7) is 5.51. The summed E-state index contributed by atoms with van der Waals surface area (Å²) in [5, 5.41) is 12.3. The molecule has 1 aromatic carbocycles. The van der Waals surface area contributed by atoms with E-state index >= 15 is 0 Å². The summed E-state index contributed by atoms with van der Waals surface area (Å²) in [5.74, 6) is 0. The third-order valence-corrected chi connectivity index (χ3v) is 2.63. The van der Waals surface area contributed by atoms with Crippen LogP contribution in [0.25, 0.3) is 0 Å². The van der Waals surface area contributed by atoms with Crippen LogP contribution in [0.5, 0.6) is 0 Å². The fraction of sp³-hybridized carbons (Fsp3) is 0.571. The second kappa shape index (κ2) is 8.23. The summed E-state index contributed by atoms with van der Waals surface area (Å²) in [6.07, 6.45) is 0.854. The summed E-state index contributed by atoms with van der Waals surface area (Å²) in [7, 11) is 2.14. The molecule has 1 aromatic rings. The number of rotatable bonds is 8. The van der Waals surface area contributed by atoms with Gasteiger partial charge in [0.15, 0.2) is 0 Å². The van der Waals surface area contributed by atoms with Crippen molar-refractivity contribution >= 4 is 0 Å². The molecule has 0 heterocycles. The first-order valence-corrected chi connectivity index (χ1v) is 6.29. The zero-order valence-electron chi connectivity index (χ0n) is 10.9. The number of hydrogen-bond acceptors (Lipinski definition) is 3. The van der Waals surface area contributed by atoms with Gasteiger partial charge in [0.05, 0.1) is 6.10 Å². The van der Waals surface area contributed by atoms with Gasteiger partial charge in [0, 0.05) is 13.1 Å². The molecule has 0 spiro atoms. The molecule has 0 aromatic heterocycles. The number of nitrogens with one attached hydrogen (secondary N) is 1. The van der Waals surface area contributed by atoms with Crippen LogP contribution in [0.4, 0.5) is 0 Å². The maximum absolute atomic E-state index is 9.08. The predicted octanol–water partition coefficient (Wildman–Crippen LogP) is 1.48. The van der Waals surface area contributed by atoms with Crippen molar-refractivity contribution in [2.75, 3.05) is 26.7 Å². The van der Waals surface area contributed by atoms with Crippen LogP contribution in [-0.4, -0.2) is 42.8 Å². The fourth-order valence-electron chi connectivity index (χ4n) is 1.76. The molecule has 1 rings (SSSR count). The normalized spacial score (nSPS) is 12.9. The maximum Gasteiger partial charge on any atom is 0.0636 e. The molecule has 0 saturated heterocycles. The topological polar surface area (TPSA) is 35.5 Å². The smallest absolute Gasteiger partial charge is 0.0636 e. The highest BCUT2D eigenvalue weighted by Crippen LogP contribution is 2.02. The van der Waals surface area contributed by atoms with Gasteiger partial charge in [-0.1, -0.05) is 30.3 Å². The van der Waals surface area contributed by atoms with E-state index in [4.69, 9.17) is 5.11 Å². The van der Waals surface area contributed by atoms with Crippen molar-refractivity contribution in [3.8, 4) is 0 Å². The monoisotopic (exact) mass is 236 g/mol. The highest BCUT2D eigenvalue weighted by molar-refractivity contribution is 5.14. The molecule has 2 N–H and O–H groups in total. The molecule has 0 aliphatic rings. The molecule has 1 atom stereocenters. The van der Waals surface area contributed by atoms with E-state index in [0.29, 0.717) is 6.54 Å². The minimum atomic E-state index is -0.253. The van der Waals surface area contributed by atoms with Crippen LogP contribution in [0.2, 0.25) is 0 Å². The SMILES string of the molecule is CC(O)CNCCCN(C)Cc1ccccc1. The number of nitrogens with zero attached hydrogens (tertiary/aromatic N) is 1. The van der Waals surface area contributed by atoms with Crippen LogP contribution in [0, 0.1) is 0 Å². The van der Waals surface area contributed by atoms with Crippen LogP contribution in [-0.2, 0) is 6.54 Å². The van der Waals surface area contributed by atoms with Crippen LogP contribution >= 0.6 is 0 Å². The van der Waals surface area contributed by atoms with Crippen molar-refractivity contribution in [2.45, 2.75) is 26.0 Å². The molecule has 17 heavy (non-hydrogen) atoms. The van der Waals surface area contributed by atoms with Gasteiger partial charge >= 0.3 is 0 Å². The molecule has 0 radical (unpaired) electrons. The standard InChI is InChI=1S/C14H24N2O/c1-13(17)11-15-9-6-10-16(2)12-14-7-4-3-5-8-14/h3-5,7-8,13,15,17H,6,9-12H2,1-2H3. The summed E-state index contributed by atoms with van der Waals surface area (Å²) < 4.78 is 0.